The third kappa shape index (κ3) is 4.24. The standard InChI is InChI=1S/C24H27FN4OS/c1-17-3-2-4-20(15-17)27-11-13-28(14-12-27)23(30)18-7-9-29(10-8-18)24-26-21-6-5-19(25)16-22(21)31-24/h2-6,15-16,18H,7-14H2,1H3. The Morgan fingerprint density at radius 1 is 1.00 bits per heavy atom. The second-order valence-corrected chi connectivity index (χ2v) is 9.53. The van der Waals surface area contributed by atoms with Gasteiger partial charge in [-0.05, 0) is 55.7 Å². The minimum absolute atomic E-state index is 0.0913. The van der Waals surface area contributed by atoms with E-state index in [9.17, 15) is 9.18 Å². The highest BCUT2D eigenvalue weighted by molar-refractivity contribution is 7.22. The van der Waals surface area contributed by atoms with Crippen LogP contribution in [-0.4, -0.2) is 55.1 Å². The van der Waals surface area contributed by atoms with Gasteiger partial charge in [-0.15, -0.1) is 0 Å². The number of carbonyl (C=O) groups is 1. The van der Waals surface area contributed by atoms with Crippen LogP contribution in [0.1, 0.15) is 18.4 Å². The molecule has 0 bridgehead atoms. The molecule has 3 heterocycles. The lowest BCUT2D eigenvalue weighted by Crippen LogP contribution is -2.51. The van der Waals surface area contributed by atoms with Crippen molar-refractivity contribution in [3.63, 3.8) is 0 Å². The van der Waals surface area contributed by atoms with Gasteiger partial charge < -0.3 is 14.7 Å². The molecule has 0 aliphatic carbocycles. The maximum absolute atomic E-state index is 13.5. The lowest BCUT2D eigenvalue weighted by molar-refractivity contribution is -0.136. The van der Waals surface area contributed by atoms with Gasteiger partial charge in [0.05, 0.1) is 10.2 Å². The number of hydrogen-bond donors (Lipinski definition) is 0. The summed E-state index contributed by atoms with van der Waals surface area (Å²) >= 11 is 1.53. The summed E-state index contributed by atoms with van der Waals surface area (Å²) in [7, 11) is 0. The average Bonchev–Trinajstić information content (AvgIpc) is 3.22. The molecule has 31 heavy (non-hydrogen) atoms. The van der Waals surface area contributed by atoms with Crippen LogP contribution in [0.25, 0.3) is 10.2 Å². The van der Waals surface area contributed by atoms with E-state index >= 15 is 0 Å². The quantitative estimate of drug-likeness (QED) is 0.611. The molecule has 5 nitrogen and oxygen atoms in total. The summed E-state index contributed by atoms with van der Waals surface area (Å²) in [4.78, 5) is 24.4. The zero-order valence-electron chi connectivity index (χ0n) is 17.8. The molecule has 2 saturated heterocycles. The predicted octanol–water partition coefficient (Wildman–Crippen LogP) is 4.31. The van der Waals surface area contributed by atoms with Gasteiger partial charge in [0.1, 0.15) is 5.82 Å². The largest absolute Gasteiger partial charge is 0.368 e. The number of hydrogen-bond acceptors (Lipinski definition) is 5. The molecule has 2 aliphatic heterocycles. The van der Waals surface area contributed by atoms with Gasteiger partial charge in [-0.2, -0.15) is 0 Å². The van der Waals surface area contributed by atoms with Gasteiger partial charge in [-0.3, -0.25) is 4.79 Å². The smallest absolute Gasteiger partial charge is 0.225 e. The van der Waals surface area contributed by atoms with Crippen LogP contribution < -0.4 is 9.80 Å². The number of piperidine rings is 1. The number of fused-ring (bicyclic) bond motifs is 1. The Morgan fingerprint density at radius 2 is 1.77 bits per heavy atom. The number of aromatic nitrogens is 1. The second kappa shape index (κ2) is 8.46. The Morgan fingerprint density at radius 3 is 2.52 bits per heavy atom. The molecule has 2 fully saturated rings. The summed E-state index contributed by atoms with van der Waals surface area (Å²) in [5, 5.41) is 0.929. The van der Waals surface area contributed by atoms with E-state index in [0.29, 0.717) is 5.91 Å². The van der Waals surface area contributed by atoms with Crippen molar-refractivity contribution in [3.05, 3.63) is 53.8 Å². The lowest BCUT2D eigenvalue weighted by Gasteiger charge is -2.39. The molecular formula is C24H27FN4OS. The van der Waals surface area contributed by atoms with Gasteiger partial charge in [-0.25, -0.2) is 9.37 Å². The number of carbonyl (C=O) groups excluding carboxylic acids is 1. The molecule has 7 heteroatoms. The summed E-state index contributed by atoms with van der Waals surface area (Å²) in [6.45, 7) is 7.10. The normalized spacial score (nSPS) is 18.1. The third-order valence-corrected chi connectivity index (χ3v) is 7.49. The predicted molar refractivity (Wildman–Crippen MR) is 124 cm³/mol. The van der Waals surface area contributed by atoms with Crippen LogP contribution in [0, 0.1) is 18.7 Å². The zero-order chi connectivity index (χ0) is 21.4. The van der Waals surface area contributed by atoms with E-state index in [1.54, 1.807) is 12.1 Å². The number of thiazole rings is 1. The van der Waals surface area contributed by atoms with Crippen LogP contribution in [0.2, 0.25) is 0 Å². The molecule has 0 N–H and O–H groups in total. The Labute approximate surface area is 186 Å². The first-order valence-corrected chi connectivity index (χ1v) is 11.8. The highest BCUT2D eigenvalue weighted by atomic mass is 32.1. The summed E-state index contributed by atoms with van der Waals surface area (Å²) in [5.41, 5.74) is 3.35. The van der Waals surface area contributed by atoms with Crippen molar-refractivity contribution in [2.24, 2.45) is 5.92 Å². The summed E-state index contributed by atoms with van der Waals surface area (Å²) in [6, 6.07) is 13.3. The van der Waals surface area contributed by atoms with E-state index in [1.165, 1.54) is 28.7 Å². The Balaban J connectivity index is 1.16. The van der Waals surface area contributed by atoms with Crippen LogP contribution in [0.3, 0.4) is 0 Å². The number of halogens is 1. The molecule has 2 aliphatic rings. The van der Waals surface area contributed by atoms with Crippen molar-refractivity contribution in [2.45, 2.75) is 19.8 Å². The number of anilines is 2. The van der Waals surface area contributed by atoms with Gasteiger partial charge in [0, 0.05) is 50.9 Å². The van der Waals surface area contributed by atoms with E-state index < -0.39 is 0 Å². The van der Waals surface area contributed by atoms with E-state index in [0.717, 1.165) is 67.5 Å². The number of piperazine rings is 1. The molecule has 0 saturated carbocycles. The topological polar surface area (TPSA) is 39.7 Å². The number of nitrogens with zero attached hydrogens (tertiary/aromatic N) is 4. The maximum Gasteiger partial charge on any atom is 0.225 e. The van der Waals surface area contributed by atoms with E-state index in [1.807, 2.05) is 4.90 Å². The van der Waals surface area contributed by atoms with Crippen molar-refractivity contribution in [3.8, 4) is 0 Å². The molecule has 5 rings (SSSR count). The van der Waals surface area contributed by atoms with Gasteiger partial charge in [-0.1, -0.05) is 23.5 Å². The average molecular weight is 439 g/mol. The number of aryl methyl sites for hydroxylation is 1. The van der Waals surface area contributed by atoms with E-state index in [4.69, 9.17) is 0 Å². The molecular weight excluding hydrogens is 411 g/mol. The van der Waals surface area contributed by atoms with Gasteiger partial charge in [0.25, 0.3) is 0 Å². The molecule has 1 aromatic heterocycles. The summed E-state index contributed by atoms with van der Waals surface area (Å²) in [6.07, 6.45) is 1.70. The number of amides is 1. The monoisotopic (exact) mass is 438 g/mol. The third-order valence-electron chi connectivity index (χ3n) is 6.41. The fourth-order valence-corrected chi connectivity index (χ4v) is 5.65. The molecule has 2 aromatic carbocycles. The number of rotatable bonds is 3. The minimum atomic E-state index is -0.227. The van der Waals surface area contributed by atoms with Crippen molar-refractivity contribution in [1.29, 1.82) is 0 Å². The molecule has 1 amide bonds. The first-order chi connectivity index (χ1) is 15.1. The van der Waals surface area contributed by atoms with Crippen LogP contribution in [-0.2, 0) is 4.79 Å². The highest BCUT2D eigenvalue weighted by Gasteiger charge is 2.31. The van der Waals surface area contributed by atoms with Crippen LogP contribution >= 0.6 is 11.3 Å². The van der Waals surface area contributed by atoms with Crippen molar-refractivity contribution >= 4 is 38.3 Å². The molecule has 0 radical (unpaired) electrons. The Bertz CT molecular complexity index is 1080. The highest BCUT2D eigenvalue weighted by Crippen LogP contribution is 2.32. The fourth-order valence-electron chi connectivity index (χ4n) is 4.61. The van der Waals surface area contributed by atoms with Crippen LogP contribution in [0.4, 0.5) is 15.2 Å². The van der Waals surface area contributed by atoms with E-state index in [-0.39, 0.29) is 11.7 Å². The van der Waals surface area contributed by atoms with Crippen molar-refractivity contribution in [1.82, 2.24) is 9.88 Å². The van der Waals surface area contributed by atoms with Gasteiger partial charge in [0.15, 0.2) is 5.13 Å². The Kier molecular flexibility index (Phi) is 5.52. The molecule has 162 valence electrons. The number of benzene rings is 2. The van der Waals surface area contributed by atoms with Crippen LogP contribution in [0.5, 0.6) is 0 Å². The molecule has 0 unspecified atom stereocenters. The molecule has 3 aromatic rings. The second-order valence-electron chi connectivity index (χ2n) is 8.52. The van der Waals surface area contributed by atoms with Crippen molar-refractivity contribution < 1.29 is 9.18 Å². The van der Waals surface area contributed by atoms with Crippen molar-refractivity contribution in [2.75, 3.05) is 49.1 Å². The molecule has 0 atom stereocenters. The first kappa shape index (κ1) is 20.2. The van der Waals surface area contributed by atoms with E-state index in [2.05, 4.69) is 46.0 Å². The first-order valence-electron chi connectivity index (χ1n) is 11.0. The minimum Gasteiger partial charge on any atom is -0.368 e. The van der Waals surface area contributed by atoms with Gasteiger partial charge in [0.2, 0.25) is 5.91 Å². The van der Waals surface area contributed by atoms with Gasteiger partial charge >= 0.3 is 0 Å². The summed E-state index contributed by atoms with van der Waals surface area (Å²) in [5.74, 6) is 0.165. The summed E-state index contributed by atoms with van der Waals surface area (Å²) < 4.78 is 14.3. The zero-order valence-corrected chi connectivity index (χ0v) is 18.6. The van der Waals surface area contributed by atoms with Crippen LogP contribution in [0.15, 0.2) is 42.5 Å². The maximum atomic E-state index is 13.5. The fraction of sp³-hybridized carbons (Fsp3) is 0.417. The Hall–Kier alpha value is -2.67. The molecule has 0 spiro atoms. The SMILES string of the molecule is Cc1cccc(N2CCN(C(=O)C3CCN(c4nc5ccc(F)cc5s4)CC3)CC2)c1. The lowest BCUT2D eigenvalue weighted by atomic mass is 9.95.